The van der Waals surface area contributed by atoms with Gasteiger partial charge in [0.25, 0.3) is 0 Å². The first-order valence-corrected chi connectivity index (χ1v) is 6.13. The third-order valence-electron chi connectivity index (χ3n) is 2.81. The lowest BCUT2D eigenvalue weighted by Crippen LogP contribution is -2.09. The van der Waals surface area contributed by atoms with Crippen LogP contribution in [0.15, 0.2) is 48.8 Å². The molecule has 2 N–H and O–H groups in total. The number of rotatable bonds is 5. The summed E-state index contributed by atoms with van der Waals surface area (Å²) in [6, 6.07) is 11.9. The Morgan fingerprint density at radius 1 is 1.17 bits per heavy atom. The Bertz CT molecular complexity index is 483. The summed E-state index contributed by atoms with van der Waals surface area (Å²) in [6.07, 6.45) is 4.46. The number of hydrogen-bond acceptors (Lipinski definition) is 3. The monoisotopic (exact) mass is 242 g/mol. The van der Waals surface area contributed by atoms with Gasteiger partial charge in [0.1, 0.15) is 5.75 Å². The Hall–Kier alpha value is -1.87. The van der Waals surface area contributed by atoms with Gasteiger partial charge in [0.15, 0.2) is 0 Å². The SMILES string of the molecule is C[C@H](N)c1ccccc1OCCc1ccncc1. The molecule has 0 unspecified atom stereocenters. The Morgan fingerprint density at radius 3 is 2.61 bits per heavy atom. The van der Waals surface area contributed by atoms with Crippen molar-refractivity contribution in [3.63, 3.8) is 0 Å². The van der Waals surface area contributed by atoms with Crippen LogP contribution in [-0.4, -0.2) is 11.6 Å². The summed E-state index contributed by atoms with van der Waals surface area (Å²) in [5.74, 6) is 0.876. The molecule has 0 bridgehead atoms. The van der Waals surface area contributed by atoms with Gasteiger partial charge in [-0.2, -0.15) is 0 Å². The summed E-state index contributed by atoms with van der Waals surface area (Å²) in [6.45, 7) is 2.61. The van der Waals surface area contributed by atoms with Crippen molar-refractivity contribution in [1.29, 1.82) is 0 Å². The van der Waals surface area contributed by atoms with Crippen molar-refractivity contribution >= 4 is 0 Å². The van der Waals surface area contributed by atoms with Gasteiger partial charge in [-0.3, -0.25) is 4.98 Å². The van der Waals surface area contributed by atoms with E-state index in [0.29, 0.717) is 6.61 Å². The predicted octanol–water partition coefficient (Wildman–Crippen LogP) is 2.72. The smallest absolute Gasteiger partial charge is 0.124 e. The highest BCUT2D eigenvalue weighted by Gasteiger charge is 2.06. The second kappa shape index (κ2) is 6.17. The molecule has 3 nitrogen and oxygen atoms in total. The molecule has 0 aliphatic heterocycles. The first kappa shape index (κ1) is 12.6. The number of ether oxygens (including phenoxy) is 1. The number of benzene rings is 1. The van der Waals surface area contributed by atoms with E-state index in [2.05, 4.69) is 4.98 Å². The van der Waals surface area contributed by atoms with Crippen LogP contribution in [0.25, 0.3) is 0 Å². The lowest BCUT2D eigenvalue weighted by molar-refractivity contribution is 0.317. The van der Waals surface area contributed by atoms with Crippen molar-refractivity contribution in [1.82, 2.24) is 4.98 Å². The van der Waals surface area contributed by atoms with Crippen LogP contribution in [-0.2, 0) is 6.42 Å². The minimum atomic E-state index is -0.0119. The van der Waals surface area contributed by atoms with Gasteiger partial charge < -0.3 is 10.5 Å². The number of nitrogens with two attached hydrogens (primary N) is 1. The van der Waals surface area contributed by atoms with Gasteiger partial charge in [-0.15, -0.1) is 0 Å². The van der Waals surface area contributed by atoms with Gasteiger partial charge in [0.2, 0.25) is 0 Å². The zero-order valence-corrected chi connectivity index (χ0v) is 10.5. The van der Waals surface area contributed by atoms with Crippen LogP contribution in [0.3, 0.4) is 0 Å². The summed E-state index contributed by atoms with van der Waals surface area (Å²) >= 11 is 0. The fourth-order valence-corrected chi connectivity index (χ4v) is 1.82. The van der Waals surface area contributed by atoms with Gasteiger partial charge in [-0.25, -0.2) is 0 Å². The molecule has 0 amide bonds. The standard InChI is InChI=1S/C15H18N2O/c1-12(16)14-4-2-3-5-15(14)18-11-8-13-6-9-17-10-7-13/h2-7,9-10,12H,8,11,16H2,1H3/t12-/m0/s1. The average molecular weight is 242 g/mol. The summed E-state index contributed by atoms with van der Waals surface area (Å²) in [4.78, 5) is 3.99. The van der Waals surface area contributed by atoms with E-state index in [1.54, 1.807) is 12.4 Å². The van der Waals surface area contributed by atoms with E-state index in [0.717, 1.165) is 17.7 Å². The lowest BCUT2D eigenvalue weighted by Gasteiger charge is -2.13. The van der Waals surface area contributed by atoms with Gasteiger partial charge in [-0.1, -0.05) is 18.2 Å². The number of nitrogens with zero attached hydrogens (tertiary/aromatic N) is 1. The van der Waals surface area contributed by atoms with E-state index in [1.807, 2.05) is 43.3 Å². The van der Waals surface area contributed by atoms with Crippen molar-refractivity contribution in [2.45, 2.75) is 19.4 Å². The van der Waals surface area contributed by atoms with Gasteiger partial charge in [0.05, 0.1) is 6.61 Å². The average Bonchev–Trinajstić information content (AvgIpc) is 2.40. The topological polar surface area (TPSA) is 48.1 Å². The van der Waals surface area contributed by atoms with E-state index < -0.39 is 0 Å². The molecule has 3 heteroatoms. The molecule has 2 rings (SSSR count). The molecular formula is C15H18N2O. The normalized spacial score (nSPS) is 12.1. The first-order valence-electron chi connectivity index (χ1n) is 6.13. The molecule has 94 valence electrons. The molecule has 0 aliphatic rings. The molecule has 0 saturated heterocycles. The number of hydrogen-bond donors (Lipinski definition) is 1. The summed E-state index contributed by atoms with van der Waals surface area (Å²) in [5, 5.41) is 0. The summed E-state index contributed by atoms with van der Waals surface area (Å²) < 4.78 is 5.80. The third-order valence-corrected chi connectivity index (χ3v) is 2.81. The highest BCUT2D eigenvalue weighted by Crippen LogP contribution is 2.23. The van der Waals surface area contributed by atoms with Crippen LogP contribution in [0.2, 0.25) is 0 Å². The minimum Gasteiger partial charge on any atom is -0.493 e. The zero-order valence-electron chi connectivity index (χ0n) is 10.5. The maximum Gasteiger partial charge on any atom is 0.124 e. The Kier molecular flexibility index (Phi) is 4.31. The zero-order chi connectivity index (χ0) is 12.8. The minimum absolute atomic E-state index is 0.0119. The molecule has 0 fully saturated rings. The van der Waals surface area contributed by atoms with Crippen LogP contribution in [0.5, 0.6) is 5.75 Å². The van der Waals surface area contributed by atoms with Crippen LogP contribution < -0.4 is 10.5 Å². The van der Waals surface area contributed by atoms with E-state index in [1.165, 1.54) is 5.56 Å². The van der Waals surface area contributed by atoms with Crippen molar-refractivity contribution < 1.29 is 4.74 Å². The van der Waals surface area contributed by atoms with Crippen LogP contribution in [0.4, 0.5) is 0 Å². The molecule has 18 heavy (non-hydrogen) atoms. The highest BCUT2D eigenvalue weighted by molar-refractivity contribution is 5.35. The van der Waals surface area contributed by atoms with Crippen molar-refractivity contribution in [2.24, 2.45) is 5.73 Å². The van der Waals surface area contributed by atoms with Crippen LogP contribution in [0, 0.1) is 0 Å². The fourth-order valence-electron chi connectivity index (χ4n) is 1.82. The highest BCUT2D eigenvalue weighted by atomic mass is 16.5. The van der Waals surface area contributed by atoms with E-state index in [9.17, 15) is 0 Å². The van der Waals surface area contributed by atoms with Gasteiger partial charge >= 0.3 is 0 Å². The maximum absolute atomic E-state index is 5.91. The predicted molar refractivity (Wildman–Crippen MR) is 72.5 cm³/mol. The molecule has 1 heterocycles. The largest absolute Gasteiger partial charge is 0.493 e. The van der Waals surface area contributed by atoms with Crippen molar-refractivity contribution in [3.05, 3.63) is 59.9 Å². The Morgan fingerprint density at radius 2 is 1.89 bits per heavy atom. The van der Waals surface area contributed by atoms with Crippen molar-refractivity contribution in [2.75, 3.05) is 6.61 Å². The molecule has 0 aliphatic carbocycles. The third kappa shape index (κ3) is 3.31. The molecule has 1 aromatic heterocycles. The second-order valence-corrected chi connectivity index (χ2v) is 4.28. The molecule has 1 aromatic carbocycles. The van der Waals surface area contributed by atoms with Crippen LogP contribution >= 0.6 is 0 Å². The maximum atomic E-state index is 5.91. The number of pyridine rings is 1. The number of aromatic nitrogens is 1. The fraction of sp³-hybridized carbons (Fsp3) is 0.267. The molecule has 0 spiro atoms. The lowest BCUT2D eigenvalue weighted by atomic mass is 10.1. The summed E-state index contributed by atoms with van der Waals surface area (Å²) in [5.41, 5.74) is 8.18. The molecule has 0 saturated carbocycles. The molecule has 1 atom stereocenters. The van der Waals surface area contributed by atoms with Crippen LogP contribution in [0.1, 0.15) is 24.1 Å². The van der Waals surface area contributed by atoms with Crippen molar-refractivity contribution in [3.8, 4) is 5.75 Å². The van der Waals surface area contributed by atoms with Gasteiger partial charge in [-0.05, 0) is 30.7 Å². The Labute approximate surface area is 108 Å². The molecule has 2 aromatic rings. The molecular weight excluding hydrogens is 224 g/mol. The number of para-hydroxylation sites is 1. The first-order chi connectivity index (χ1) is 8.77. The van der Waals surface area contributed by atoms with E-state index in [-0.39, 0.29) is 6.04 Å². The van der Waals surface area contributed by atoms with E-state index in [4.69, 9.17) is 10.5 Å². The second-order valence-electron chi connectivity index (χ2n) is 4.28. The Balaban J connectivity index is 1.94. The quantitative estimate of drug-likeness (QED) is 0.877. The van der Waals surface area contributed by atoms with Gasteiger partial charge in [0, 0.05) is 30.4 Å². The van der Waals surface area contributed by atoms with E-state index >= 15 is 0 Å². The molecule has 0 radical (unpaired) electrons. The summed E-state index contributed by atoms with van der Waals surface area (Å²) in [7, 11) is 0.